The van der Waals surface area contributed by atoms with Crippen LogP contribution in [0.2, 0.25) is 0 Å². The lowest BCUT2D eigenvalue weighted by molar-refractivity contribution is 0.283. The summed E-state index contributed by atoms with van der Waals surface area (Å²) in [5.74, 6) is 0. The number of aliphatic hydroxyl groups is 1. The Labute approximate surface area is 58.9 Å². The van der Waals surface area contributed by atoms with Crippen LogP contribution >= 0.6 is 9.12 Å². The van der Waals surface area contributed by atoms with Gasteiger partial charge in [0.05, 0.1) is 0 Å². The Kier molecular flexibility index (Phi) is 20.6. The minimum Gasteiger partial charge on any atom is -0.396 e. The fraction of sp³-hybridized carbons (Fsp3) is 1.00. The third kappa shape index (κ3) is 18.0. The topological polar surface area (TPSA) is 37.3 Å². The van der Waals surface area contributed by atoms with Gasteiger partial charge in [-0.05, 0) is 6.42 Å². The van der Waals surface area contributed by atoms with Gasteiger partial charge in [0.25, 0.3) is 0 Å². The number of aliphatic hydroxyl groups excluding tert-OH is 1. The fourth-order valence-electron chi connectivity index (χ4n) is 0.539. The minimum atomic E-state index is 0.361. The molecule has 0 aromatic rings. The van der Waals surface area contributed by atoms with Crippen molar-refractivity contribution in [3.8, 4) is 0 Å². The van der Waals surface area contributed by atoms with E-state index in [9.17, 15) is 0 Å². The first-order chi connectivity index (χ1) is 4.41. The molecule has 0 saturated carbocycles. The van der Waals surface area contributed by atoms with Gasteiger partial charge < -0.3 is 5.11 Å². The van der Waals surface area contributed by atoms with Crippen LogP contribution < -0.4 is 0 Å². The van der Waals surface area contributed by atoms with Crippen molar-refractivity contribution < 1.29 is 9.67 Å². The van der Waals surface area contributed by atoms with Gasteiger partial charge in [-0.15, -0.1) is 0 Å². The number of rotatable bonds is 4. The molecule has 0 bridgehead atoms. The largest absolute Gasteiger partial charge is 0.396 e. The van der Waals surface area contributed by atoms with Gasteiger partial charge in [0, 0.05) is 6.61 Å². The summed E-state index contributed by atoms with van der Waals surface area (Å²) < 4.78 is 8.17. The molecular weight excluding hydrogens is 135 g/mol. The van der Waals surface area contributed by atoms with Crippen molar-refractivity contribution in [3.63, 3.8) is 0 Å². The van der Waals surface area contributed by atoms with E-state index in [0.717, 1.165) is 6.42 Å². The Balaban J connectivity index is 0. The Hall–Kier alpha value is 0.0600. The second-order valence-corrected chi connectivity index (χ2v) is 1.78. The van der Waals surface area contributed by atoms with E-state index in [1.54, 1.807) is 0 Å². The summed E-state index contributed by atoms with van der Waals surface area (Å²) in [5.41, 5.74) is 0. The van der Waals surface area contributed by atoms with Crippen LogP contribution in [0.25, 0.3) is 0 Å². The van der Waals surface area contributed by atoms with Gasteiger partial charge in [-0.3, -0.25) is 0 Å². The van der Waals surface area contributed by atoms with Crippen molar-refractivity contribution in [2.24, 2.45) is 0 Å². The highest BCUT2D eigenvalue weighted by molar-refractivity contribution is 7.00. The molecule has 0 fully saturated rings. The second kappa shape index (κ2) is 15.7. The molecular formula is C6H16O2P+. The first-order valence-electron chi connectivity index (χ1n) is 3.26. The highest BCUT2D eigenvalue weighted by Gasteiger charge is 1.80. The van der Waals surface area contributed by atoms with Crippen LogP contribution in [-0.4, -0.2) is 11.7 Å². The molecule has 0 amide bonds. The quantitative estimate of drug-likeness (QED) is 0.491. The molecule has 0 heterocycles. The molecule has 0 aliphatic rings. The van der Waals surface area contributed by atoms with E-state index in [1.807, 2.05) is 0 Å². The van der Waals surface area contributed by atoms with Crippen molar-refractivity contribution in [2.45, 2.75) is 32.6 Å². The van der Waals surface area contributed by atoms with Crippen LogP contribution in [0.1, 0.15) is 32.6 Å². The van der Waals surface area contributed by atoms with Gasteiger partial charge in [-0.25, -0.2) is 0 Å². The average molecular weight is 151 g/mol. The molecule has 1 unspecified atom stereocenters. The summed E-state index contributed by atoms with van der Waals surface area (Å²) in [6, 6.07) is 0. The van der Waals surface area contributed by atoms with Gasteiger partial charge in [0.1, 0.15) is 0 Å². The summed E-state index contributed by atoms with van der Waals surface area (Å²) in [4.78, 5) is 0. The normalized spacial score (nSPS) is 7.78. The molecule has 0 aromatic carbocycles. The van der Waals surface area contributed by atoms with Crippen LogP contribution in [0.3, 0.4) is 0 Å². The SMILES string of the molecule is CCCCCCO.O=[PH2+]. The summed E-state index contributed by atoms with van der Waals surface area (Å²) in [6.45, 7) is 2.53. The van der Waals surface area contributed by atoms with Crippen LogP contribution in [0.4, 0.5) is 0 Å². The third-order valence-corrected chi connectivity index (χ3v) is 1.01. The van der Waals surface area contributed by atoms with E-state index >= 15 is 0 Å². The number of hydrogen-bond donors (Lipinski definition) is 1. The summed E-state index contributed by atoms with van der Waals surface area (Å²) in [7, 11) is 1.17. The van der Waals surface area contributed by atoms with E-state index in [1.165, 1.54) is 28.4 Å². The monoisotopic (exact) mass is 151 g/mol. The van der Waals surface area contributed by atoms with Crippen molar-refractivity contribution in [2.75, 3.05) is 6.61 Å². The van der Waals surface area contributed by atoms with Crippen LogP contribution in [0.5, 0.6) is 0 Å². The Morgan fingerprint density at radius 2 is 1.78 bits per heavy atom. The maximum atomic E-state index is 8.29. The average Bonchev–Trinajstić information content (AvgIpc) is 1.94. The van der Waals surface area contributed by atoms with Crippen molar-refractivity contribution in [1.29, 1.82) is 0 Å². The molecule has 3 heteroatoms. The third-order valence-electron chi connectivity index (χ3n) is 1.01. The fourth-order valence-corrected chi connectivity index (χ4v) is 0.539. The first-order valence-corrected chi connectivity index (χ1v) is 3.73. The molecule has 0 aliphatic carbocycles. The molecule has 1 atom stereocenters. The van der Waals surface area contributed by atoms with Crippen molar-refractivity contribution in [3.05, 3.63) is 0 Å². The Morgan fingerprint density at radius 1 is 1.22 bits per heavy atom. The lowest BCUT2D eigenvalue weighted by Crippen LogP contribution is -1.80. The van der Waals surface area contributed by atoms with Crippen molar-refractivity contribution in [1.82, 2.24) is 0 Å². The van der Waals surface area contributed by atoms with E-state index in [0.29, 0.717) is 6.61 Å². The van der Waals surface area contributed by atoms with Gasteiger partial charge in [-0.2, -0.15) is 0 Å². The van der Waals surface area contributed by atoms with Crippen LogP contribution in [-0.2, 0) is 4.57 Å². The summed E-state index contributed by atoms with van der Waals surface area (Å²) in [6.07, 6.45) is 4.68. The van der Waals surface area contributed by atoms with Crippen molar-refractivity contribution >= 4 is 9.12 Å². The molecule has 1 N–H and O–H groups in total. The molecule has 0 rings (SSSR count). The zero-order valence-corrected chi connectivity index (χ0v) is 7.12. The highest BCUT2D eigenvalue weighted by Crippen LogP contribution is 1.95. The zero-order valence-electron chi connectivity index (χ0n) is 5.97. The Bertz CT molecular complexity index is 38.0. The van der Waals surface area contributed by atoms with Gasteiger partial charge >= 0.3 is 9.12 Å². The van der Waals surface area contributed by atoms with Crippen LogP contribution in [0.15, 0.2) is 0 Å². The molecule has 9 heavy (non-hydrogen) atoms. The minimum absolute atomic E-state index is 0.361. The van der Waals surface area contributed by atoms with E-state index in [-0.39, 0.29) is 0 Å². The van der Waals surface area contributed by atoms with E-state index < -0.39 is 0 Å². The summed E-state index contributed by atoms with van der Waals surface area (Å²) >= 11 is 0. The molecule has 0 saturated heterocycles. The van der Waals surface area contributed by atoms with E-state index in [2.05, 4.69) is 6.92 Å². The predicted molar refractivity (Wildman–Crippen MR) is 41.6 cm³/mol. The van der Waals surface area contributed by atoms with Gasteiger partial charge in [0.2, 0.25) is 0 Å². The second-order valence-electron chi connectivity index (χ2n) is 1.78. The zero-order chi connectivity index (χ0) is 7.54. The summed E-state index contributed by atoms with van der Waals surface area (Å²) in [5, 5.41) is 8.29. The maximum Gasteiger partial charge on any atom is 0.310 e. The van der Waals surface area contributed by atoms with Gasteiger partial charge in [-0.1, -0.05) is 30.8 Å². The van der Waals surface area contributed by atoms with E-state index in [4.69, 9.17) is 9.67 Å². The van der Waals surface area contributed by atoms with Gasteiger partial charge in [0.15, 0.2) is 0 Å². The maximum absolute atomic E-state index is 8.29. The molecule has 2 nitrogen and oxygen atoms in total. The molecule has 56 valence electrons. The first kappa shape index (κ1) is 11.8. The molecule has 0 spiro atoms. The lowest BCUT2D eigenvalue weighted by Gasteiger charge is -1.90. The highest BCUT2D eigenvalue weighted by atomic mass is 31.0. The molecule has 0 radical (unpaired) electrons. The lowest BCUT2D eigenvalue weighted by atomic mass is 10.2. The molecule has 0 aliphatic heterocycles. The Morgan fingerprint density at radius 3 is 2.11 bits per heavy atom. The molecule has 0 aromatic heterocycles. The predicted octanol–water partition coefficient (Wildman–Crippen LogP) is 1.77. The number of unbranched alkanes of at least 4 members (excludes halogenated alkanes) is 3. The smallest absolute Gasteiger partial charge is 0.310 e. The van der Waals surface area contributed by atoms with Crippen LogP contribution in [0, 0.1) is 0 Å². The number of hydrogen-bond acceptors (Lipinski definition) is 2. The standard InChI is InChI=1S/C6H14O.H2OP/c1-2-3-4-5-6-7;1-2/h7H,2-6H2,1H3;2H2/q;+1.